The second-order valence-electron chi connectivity index (χ2n) is 5.41. The van der Waals surface area contributed by atoms with Crippen molar-refractivity contribution in [1.82, 2.24) is 4.90 Å². The van der Waals surface area contributed by atoms with Crippen LogP contribution in [0.4, 0.5) is 5.69 Å². The van der Waals surface area contributed by atoms with Crippen LogP contribution in [0.3, 0.4) is 0 Å². The molecule has 0 aliphatic heterocycles. The van der Waals surface area contributed by atoms with Crippen LogP contribution in [0.25, 0.3) is 0 Å². The lowest BCUT2D eigenvalue weighted by molar-refractivity contribution is -0.126. The number of hydrogen-bond acceptors (Lipinski definition) is 3. The predicted molar refractivity (Wildman–Crippen MR) is 90.3 cm³/mol. The zero-order valence-corrected chi connectivity index (χ0v) is 13.7. The lowest BCUT2D eigenvalue weighted by atomic mass is 10.0. The van der Waals surface area contributed by atoms with Gasteiger partial charge in [-0.3, -0.25) is 4.79 Å². The summed E-state index contributed by atoms with van der Waals surface area (Å²) in [6, 6.07) is 5.94. The lowest BCUT2D eigenvalue weighted by Crippen LogP contribution is -2.32. The molecule has 0 heterocycles. The number of rotatable bonds is 5. The molecule has 1 aromatic rings. The number of amides is 1. The monoisotopic (exact) mass is 304 g/mol. The maximum atomic E-state index is 12.5. The maximum Gasteiger partial charge on any atom is 0.237 e. The number of anilines is 1. The number of nitrogens with two attached hydrogens (primary N) is 1. The summed E-state index contributed by atoms with van der Waals surface area (Å²) in [6.45, 7) is 4.82. The lowest BCUT2D eigenvalue weighted by Gasteiger charge is -2.26. The number of aryl methyl sites for hydroxylation is 1. The first kappa shape index (κ1) is 16.0. The van der Waals surface area contributed by atoms with Crippen LogP contribution >= 0.6 is 11.8 Å². The SMILES string of the molecule is CCN(C(=O)CSc1cc(C)ccc1N)C1=CCCCC1. The van der Waals surface area contributed by atoms with Gasteiger partial charge in [-0.15, -0.1) is 11.8 Å². The van der Waals surface area contributed by atoms with Crippen LogP contribution in [0.1, 0.15) is 38.2 Å². The van der Waals surface area contributed by atoms with E-state index in [0.29, 0.717) is 5.75 Å². The van der Waals surface area contributed by atoms with Crippen LogP contribution in [0.5, 0.6) is 0 Å². The maximum absolute atomic E-state index is 12.5. The Labute approximate surface area is 131 Å². The van der Waals surface area contributed by atoms with Gasteiger partial charge in [0.1, 0.15) is 0 Å². The number of carbonyl (C=O) groups excluding carboxylic acids is 1. The predicted octanol–water partition coefficient (Wildman–Crippen LogP) is 3.98. The average Bonchev–Trinajstić information content (AvgIpc) is 2.50. The summed E-state index contributed by atoms with van der Waals surface area (Å²) in [5.41, 5.74) is 9.09. The fraction of sp³-hybridized carbons (Fsp3) is 0.471. The van der Waals surface area contributed by atoms with E-state index in [9.17, 15) is 4.79 Å². The van der Waals surface area contributed by atoms with Gasteiger partial charge >= 0.3 is 0 Å². The van der Waals surface area contributed by atoms with E-state index in [-0.39, 0.29) is 5.91 Å². The van der Waals surface area contributed by atoms with Crippen LogP contribution in [0, 0.1) is 6.92 Å². The largest absolute Gasteiger partial charge is 0.398 e. The van der Waals surface area contributed by atoms with Gasteiger partial charge in [-0.25, -0.2) is 0 Å². The minimum atomic E-state index is 0.177. The summed E-state index contributed by atoms with van der Waals surface area (Å²) < 4.78 is 0. The van der Waals surface area contributed by atoms with Crippen LogP contribution in [-0.4, -0.2) is 23.1 Å². The first-order valence-corrected chi connectivity index (χ1v) is 8.58. The zero-order chi connectivity index (χ0) is 15.2. The quantitative estimate of drug-likeness (QED) is 0.661. The topological polar surface area (TPSA) is 46.3 Å². The number of hydrogen-bond donors (Lipinski definition) is 1. The molecule has 1 aliphatic carbocycles. The number of thioether (sulfide) groups is 1. The first-order chi connectivity index (χ1) is 10.1. The molecule has 0 unspecified atom stereocenters. The molecule has 0 aromatic heterocycles. The summed E-state index contributed by atoms with van der Waals surface area (Å²) >= 11 is 1.53. The Morgan fingerprint density at radius 1 is 1.38 bits per heavy atom. The normalized spacial score (nSPS) is 14.7. The highest BCUT2D eigenvalue weighted by Gasteiger charge is 2.18. The Morgan fingerprint density at radius 2 is 2.19 bits per heavy atom. The summed E-state index contributed by atoms with van der Waals surface area (Å²) in [6.07, 6.45) is 6.77. The van der Waals surface area contributed by atoms with Gasteiger partial charge in [0.15, 0.2) is 0 Å². The van der Waals surface area contributed by atoms with Gasteiger partial charge in [0.25, 0.3) is 0 Å². The molecule has 0 fully saturated rings. The molecule has 4 heteroatoms. The molecule has 0 bridgehead atoms. The van der Waals surface area contributed by atoms with E-state index in [2.05, 4.69) is 6.08 Å². The molecular formula is C17H24N2OS. The standard InChI is InChI=1S/C17H24N2OS/c1-3-19(14-7-5-4-6-8-14)17(20)12-21-16-11-13(2)9-10-15(16)18/h7,9-11H,3-6,8,12,18H2,1-2H3. The Balaban J connectivity index is 1.99. The van der Waals surface area contributed by atoms with E-state index in [1.54, 1.807) is 0 Å². The molecule has 1 aliphatic rings. The molecule has 0 saturated heterocycles. The third-order valence-corrected chi connectivity index (χ3v) is 4.81. The van der Waals surface area contributed by atoms with E-state index >= 15 is 0 Å². The number of nitrogens with zero attached hydrogens (tertiary/aromatic N) is 1. The Hall–Kier alpha value is -1.42. The van der Waals surface area contributed by atoms with E-state index in [4.69, 9.17) is 5.73 Å². The minimum Gasteiger partial charge on any atom is -0.398 e. The molecule has 3 nitrogen and oxygen atoms in total. The first-order valence-electron chi connectivity index (χ1n) is 7.60. The van der Waals surface area contributed by atoms with E-state index < -0.39 is 0 Å². The van der Waals surface area contributed by atoms with Crippen molar-refractivity contribution < 1.29 is 4.79 Å². The van der Waals surface area contributed by atoms with Gasteiger partial charge in [-0.2, -0.15) is 0 Å². The van der Waals surface area contributed by atoms with Gasteiger partial charge in [0, 0.05) is 22.8 Å². The van der Waals surface area contributed by atoms with Crippen molar-refractivity contribution >= 4 is 23.4 Å². The van der Waals surface area contributed by atoms with Crippen LogP contribution in [0.2, 0.25) is 0 Å². The van der Waals surface area contributed by atoms with E-state index in [0.717, 1.165) is 30.0 Å². The number of benzene rings is 1. The molecular weight excluding hydrogens is 280 g/mol. The van der Waals surface area contributed by atoms with Gasteiger partial charge < -0.3 is 10.6 Å². The van der Waals surface area contributed by atoms with Gasteiger partial charge in [-0.05, 0) is 57.2 Å². The third-order valence-electron chi connectivity index (χ3n) is 3.75. The Bertz CT molecular complexity index is 540. The summed E-state index contributed by atoms with van der Waals surface area (Å²) in [5, 5.41) is 0. The Kier molecular flexibility index (Phi) is 5.74. The third kappa shape index (κ3) is 4.27. The summed E-state index contributed by atoms with van der Waals surface area (Å²) in [5.74, 6) is 0.621. The summed E-state index contributed by atoms with van der Waals surface area (Å²) in [4.78, 5) is 15.4. The number of allylic oxidation sites excluding steroid dienone is 2. The van der Waals surface area contributed by atoms with Crippen molar-refractivity contribution in [3.63, 3.8) is 0 Å². The molecule has 1 aromatic carbocycles. The molecule has 21 heavy (non-hydrogen) atoms. The average molecular weight is 304 g/mol. The smallest absolute Gasteiger partial charge is 0.237 e. The number of carbonyl (C=O) groups is 1. The van der Waals surface area contributed by atoms with Crippen molar-refractivity contribution in [3.8, 4) is 0 Å². The fourth-order valence-electron chi connectivity index (χ4n) is 2.59. The van der Waals surface area contributed by atoms with Crippen LogP contribution < -0.4 is 5.73 Å². The highest BCUT2D eigenvalue weighted by molar-refractivity contribution is 8.00. The summed E-state index contributed by atoms with van der Waals surface area (Å²) in [7, 11) is 0. The molecule has 0 radical (unpaired) electrons. The van der Waals surface area contributed by atoms with E-state index in [1.165, 1.54) is 35.9 Å². The second kappa shape index (κ2) is 7.55. The van der Waals surface area contributed by atoms with Gasteiger partial charge in [-0.1, -0.05) is 12.1 Å². The minimum absolute atomic E-state index is 0.177. The molecule has 2 rings (SSSR count). The highest BCUT2D eigenvalue weighted by Crippen LogP contribution is 2.27. The van der Waals surface area contributed by atoms with Gasteiger partial charge in [0.2, 0.25) is 5.91 Å². The zero-order valence-electron chi connectivity index (χ0n) is 12.9. The molecule has 0 spiro atoms. The molecule has 0 atom stereocenters. The van der Waals surface area contributed by atoms with Gasteiger partial charge in [0.05, 0.1) is 5.75 Å². The van der Waals surface area contributed by atoms with Crippen molar-refractivity contribution in [1.29, 1.82) is 0 Å². The van der Waals surface area contributed by atoms with Crippen molar-refractivity contribution in [2.75, 3.05) is 18.0 Å². The van der Waals surface area contributed by atoms with Crippen LogP contribution in [-0.2, 0) is 4.79 Å². The molecule has 1 amide bonds. The van der Waals surface area contributed by atoms with E-state index in [1.807, 2.05) is 36.9 Å². The number of nitrogen functional groups attached to an aromatic ring is 1. The van der Waals surface area contributed by atoms with Crippen molar-refractivity contribution in [2.24, 2.45) is 0 Å². The van der Waals surface area contributed by atoms with Crippen molar-refractivity contribution in [3.05, 3.63) is 35.5 Å². The Morgan fingerprint density at radius 3 is 2.86 bits per heavy atom. The molecule has 114 valence electrons. The molecule has 2 N–H and O–H groups in total. The second-order valence-corrected chi connectivity index (χ2v) is 6.43. The molecule has 0 saturated carbocycles. The highest BCUT2D eigenvalue weighted by atomic mass is 32.2. The van der Waals surface area contributed by atoms with Crippen molar-refractivity contribution in [2.45, 2.75) is 44.4 Å². The fourth-order valence-corrected chi connectivity index (χ4v) is 3.53. The van der Waals surface area contributed by atoms with Crippen LogP contribution in [0.15, 0.2) is 34.9 Å².